The van der Waals surface area contributed by atoms with Gasteiger partial charge in [-0.2, -0.15) is 0 Å². The first-order valence-corrected chi connectivity index (χ1v) is 11.3. The second kappa shape index (κ2) is 8.04. The van der Waals surface area contributed by atoms with Gasteiger partial charge in [0.25, 0.3) is 10.0 Å². The third-order valence-electron chi connectivity index (χ3n) is 4.49. The maximum atomic E-state index is 13.6. The average Bonchev–Trinajstić information content (AvgIpc) is 2.75. The minimum atomic E-state index is -3.97. The van der Waals surface area contributed by atoms with E-state index in [4.69, 9.17) is 0 Å². The van der Waals surface area contributed by atoms with Gasteiger partial charge in [0.2, 0.25) is 0 Å². The number of methoxy groups -OCH3 is 1. The summed E-state index contributed by atoms with van der Waals surface area (Å²) in [6, 6.07) is 12.8. The zero-order chi connectivity index (χ0) is 21.3. The summed E-state index contributed by atoms with van der Waals surface area (Å²) in [4.78, 5) is 19.8. The molecule has 0 amide bonds. The number of sulfonamides is 1. The molecule has 1 aliphatic rings. The number of fused-ring (bicyclic) bond motifs is 3. The van der Waals surface area contributed by atoms with E-state index >= 15 is 0 Å². The molecule has 7 nitrogen and oxygen atoms in total. The molecule has 0 radical (unpaired) electrons. The first-order valence-electron chi connectivity index (χ1n) is 8.83. The van der Waals surface area contributed by atoms with Crippen LogP contribution >= 0.6 is 11.8 Å². The molecule has 0 spiro atoms. The van der Waals surface area contributed by atoms with Crippen LogP contribution in [0.25, 0.3) is 11.3 Å². The predicted molar refractivity (Wildman–Crippen MR) is 110 cm³/mol. The zero-order valence-electron chi connectivity index (χ0n) is 15.8. The Bertz CT molecular complexity index is 1230. The number of carbonyl (C=O) groups excluding carboxylic acids is 1. The number of aromatic nitrogens is 2. The van der Waals surface area contributed by atoms with Gasteiger partial charge in [0.15, 0.2) is 5.16 Å². The third kappa shape index (κ3) is 3.75. The molecular formula is C20H16FN3O4S2. The van der Waals surface area contributed by atoms with Crippen molar-refractivity contribution in [1.29, 1.82) is 0 Å². The highest BCUT2D eigenvalue weighted by molar-refractivity contribution is 7.99. The van der Waals surface area contributed by atoms with E-state index < -0.39 is 21.8 Å². The number of hydrogen-bond acceptors (Lipinski definition) is 7. The molecule has 0 saturated heterocycles. The molecule has 0 N–H and O–H groups in total. The second-order valence-corrected chi connectivity index (χ2v) is 9.16. The van der Waals surface area contributed by atoms with Gasteiger partial charge in [-0.05, 0) is 23.8 Å². The molecule has 4 rings (SSSR count). The van der Waals surface area contributed by atoms with E-state index in [9.17, 15) is 17.6 Å². The monoisotopic (exact) mass is 445 g/mol. The van der Waals surface area contributed by atoms with Gasteiger partial charge >= 0.3 is 5.97 Å². The lowest BCUT2D eigenvalue weighted by Crippen LogP contribution is -2.34. The summed E-state index contributed by atoms with van der Waals surface area (Å²) < 4.78 is 46.2. The summed E-state index contributed by atoms with van der Waals surface area (Å²) in [6.45, 7) is -0.0324. The quantitative estimate of drug-likeness (QED) is 0.338. The van der Waals surface area contributed by atoms with Gasteiger partial charge in [-0.3, -0.25) is 9.10 Å². The number of esters is 1. The van der Waals surface area contributed by atoms with E-state index in [1.54, 1.807) is 30.3 Å². The van der Waals surface area contributed by atoms with Gasteiger partial charge in [0.1, 0.15) is 10.7 Å². The van der Waals surface area contributed by atoms with Crippen molar-refractivity contribution in [1.82, 2.24) is 9.97 Å². The van der Waals surface area contributed by atoms with Crippen LogP contribution in [0.2, 0.25) is 0 Å². The molecule has 2 aromatic carbocycles. The maximum absolute atomic E-state index is 13.6. The molecule has 1 aromatic heterocycles. The van der Waals surface area contributed by atoms with E-state index in [0.717, 1.165) is 11.8 Å². The van der Waals surface area contributed by atoms with Crippen LogP contribution in [0.15, 0.2) is 64.8 Å². The highest BCUT2D eigenvalue weighted by Crippen LogP contribution is 2.42. The molecule has 154 valence electrons. The number of rotatable bonds is 5. The van der Waals surface area contributed by atoms with Crippen molar-refractivity contribution in [2.24, 2.45) is 0 Å². The lowest BCUT2D eigenvalue weighted by Gasteiger charge is -2.31. The van der Waals surface area contributed by atoms with Gasteiger partial charge in [-0.25, -0.2) is 22.8 Å². The van der Waals surface area contributed by atoms with Crippen LogP contribution in [0.1, 0.15) is 5.56 Å². The minimum Gasteiger partial charge on any atom is -0.468 e. The average molecular weight is 445 g/mol. The molecule has 10 heteroatoms. The Morgan fingerprint density at radius 2 is 2.00 bits per heavy atom. The molecule has 0 unspecified atom stereocenters. The van der Waals surface area contributed by atoms with Crippen molar-refractivity contribution < 1.29 is 22.3 Å². The summed E-state index contributed by atoms with van der Waals surface area (Å²) in [6.07, 6.45) is 1.24. The molecular weight excluding hydrogens is 429 g/mol. The van der Waals surface area contributed by atoms with E-state index in [1.165, 1.54) is 35.8 Å². The van der Waals surface area contributed by atoms with Gasteiger partial charge in [-0.15, -0.1) is 0 Å². The Morgan fingerprint density at radius 1 is 1.20 bits per heavy atom. The number of ether oxygens (including phenoxy) is 1. The largest absolute Gasteiger partial charge is 0.468 e. The summed E-state index contributed by atoms with van der Waals surface area (Å²) in [5, 5.41) is 0.266. The van der Waals surface area contributed by atoms with Crippen molar-refractivity contribution >= 4 is 33.4 Å². The zero-order valence-corrected chi connectivity index (χ0v) is 17.4. The number of carbonyl (C=O) groups is 1. The molecule has 0 fully saturated rings. The summed E-state index contributed by atoms with van der Waals surface area (Å²) in [7, 11) is -2.69. The number of thioether (sulfide) groups is 1. The SMILES string of the molecule is COC(=O)CSc1ncc2c(n1)-c1ccccc1N(Cc1cccc(F)c1)S2(=O)=O. The summed E-state index contributed by atoms with van der Waals surface area (Å²) in [5.74, 6) is -0.864. The van der Waals surface area contributed by atoms with E-state index in [1.807, 2.05) is 0 Å². The second-order valence-electron chi connectivity index (χ2n) is 6.39. The highest BCUT2D eigenvalue weighted by atomic mass is 32.2. The Labute approximate surface area is 177 Å². The first kappa shape index (κ1) is 20.3. The molecule has 2 heterocycles. The lowest BCUT2D eigenvalue weighted by molar-refractivity contribution is -0.137. The van der Waals surface area contributed by atoms with E-state index in [0.29, 0.717) is 16.8 Å². The fraction of sp³-hybridized carbons (Fsp3) is 0.150. The Hall–Kier alpha value is -2.98. The van der Waals surface area contributed by atoms with Crippen LogP contribution < -0.4 is 4.31 Å². The van der Waals surface area contributed by atoms with Crippen molar-refractivity contribution in [3.8, 4) is 11.3 Å². The Morgan fingerprint density at radius 3 is 2.77 bits per heavy atom. The summed E-state index contributed by atoms with van der Waals surface area (Å²) in [5.41, 5.74) is 1.84. The molecule has 1 aliphatic heterocycles. The number of nitrogens with zero attached hydrogens (tertiary/aromatic N) is 3. The molecule has 0 saturated carbocycles. The number of para-hydroxylation sites is 1. The number of anilines is 1. The van der Waals surface area contributed by atoms with Crippen LogP contribution in [0.5, 0.6) is 0 Å². The van der Waals surface area contributed by atoms with Crippen LogP contribution in [-0.4, -0.2) is 37.2 Å². The van der Waals surface area contributed by atoms with Gasteiger partial charge in [0.05, 0.1) is 37.0 Å². The summed E-state index contributed by atoms with van der Waals surface area (Å²) >= 11 is 1.06. The smallest absolute Gasteiger partial charge is 0.316 e. The Kier molecular flexibility index (Phi) is 5.44. The fourth-order valence-corrected chi connectivity index (χ4v) is 5.31. The van der Waals surface area contributed by atoms with Crippen LogP contribution in [0, 0.1) is 5.82 Å². The maximum Gasteiger partial charge on any atom is 0.316 e. The minimum absolute atomic E-state index is 0.00931. The molecule has 0 bridgehead atoms. The standard InChI is InChI=1S/C20H16FN3O4S2/c1-28-18(25)12-29-20-22-10-17-19(23-20)15-7-2-3-8-16(15)24(30(17,26)27)11-13-5-4-6-14(21)9-13/h2-10H,11-12H2,1H3. The molecule has 0 aliphatic carbocycles. The van der Waals surface area contributed by atoms with Crippen LogP contribution in [0.3, 0.4) is 0 Å². The van der Waals surface area contributed by atoms with Gasteiger partial charge < -0.3 is 4.74 Å². The molecule has 0 atom stereocenters. The number of hydrogen-bond donors (Lipinski definition) is 0. The van der Waals surface area contributed by atoms with Gasteiger partial charge in [-0.1, -0.05) is 42.1 Å². The lowest BCUT2D eigenvalue weighted by atomic mass is 10.1. The number of halogens is 1. The number of benzene rings is 2. The van der Waals surface area contributed by atoms with Crippen LogP contribution in [0.4, 0.5) is 10.1 Å². The molecule has 30 heavy (non-hydrogen) atoms. The molecule has 3 aromatic rings. The Balaban J connectivity index is 1.78. The van der Waals surface area contributed by atoms with Crippen LogP contribution in [-0.2, 0) is 26.1 Å². The third-order valence-corrected chi connectivity index (χ3v) is 7.09. The van der Waals surface area contributed by atoms with E-state index in [-0.39, 0.29) is 28.0 Å². The predicted octanol–water partition coefficient (Wildman–Crippen LogP) is 3.26. The van der Waals surface area contributed by atoms with Crippen molar-refractivity contribution in [2.75, 3.05) is 17.2 Å². The van der Waals surface area contributed by atoms with E-state index in [2.05, 4.69) is 14.7 Å². The van der Waals surface area contributed by atoms with Gasteiger partial charge in [0, 0.05) is 5.56 Å². The van der Waals surface area contributed by atoms with Crippen molar-refractivity contribution in [3.05, 3.63) is 66.1 Å². The van der Waals surface area contributed by atoms with Crippen molar-refractivity contribution in [3.63, 3.8) is 0 Å². The van der Waals surface area contributed by atoms with Crippen molar-refractivity contribution in [2.45, 2.75) is 16.6 Å². The highest BCUT2D eigenvalue weighted by Gasteiger charge is 2.36. The topological polar surface area (TPSA) is 89.5 Å². The fourth-order valence-electron chi connectivity index (χ4n) is 3.10. The normalized spacial score (nSPS) is 14.0. The first-order chi connectivity index (χ1) is 14.4.